The monoisotopic (exact) mass is 299 g/mol. The van der Waals surface area contributed by atoms with E-state index in [9.17, 15) is 4.79 Å². The Balaban J connectivity index is 1.68. The van der Waals surface area contributed by atoms with E-state index in [2.05, 4.69) is 10.1 Å². The maximum absolute atomic E-state index is 12.2. The summed E-state index contributed by atoms with van der Waals surface area (Å²) < 4.78 is 11.9. The molecule has 0 atom stereocenters. The first-order valence-corrected chi connectivity index (χ1v) is 7.17. The van der Waals surface area contributed by atoms with Gasteiger partial charge in [-0.25, -0.2) is 0 Å². The summed E-state index contributed by atoms with van der Waals surface area (Å²) in [6.45, 7) is 0.258. The lowest BCUT2D eigenvalue weighted by Crippen LogP contribution is -2.20. The molecule has 4 rings (SSSR count). The normalized spacial score (nSPS) is 11.2. The van der Waals surface area contributed by atoms with Crippen molar-refractivity contribution in [1.82, 2.24) is 14.7 Å². The van der Waals surface area contributed by atoms with Crippen LogP contribution in [0.1, 0.15) is 5.82 Å². The van der Waals surface area contributed by atoms with Crippen molar-refractivity contribution in [2.75, 3.05) is 0 Å². The van der Waals surface area contributed by atoms with Crippen LogP contribution >= 0.6 is 11.3 Å². The van der Waals surface area contributed by atoms with Crippen LogP contribution in [0.3, 0.4) is 0 Å². The number of fused-ring (bicyclic) bond motifs is 1. The maximum atomic E-state index is 12.2. The molecule has 6 nitrogen and oxygen atoms in total. The second kappa shape index (κ2) is 4.71. The van der Waals surface area contributed by atoms with Gasteiger partial charge >= 0.3 is 0 Å². The molecule has 0 fully saturated rings. The summed E-state index contributed by atoms with van der Waals surface area (Å²) in [6.07, 6.45) is 3.16. The number of thiophene rings is 1. The predicted molar refractivity (Wildman–Crippen MR) is 77.2 cm³/mol. The van der Waals surface area contributed by atoms with Gasteiger partial charge in [-0.15, -0.1) is 0 Å². The highest BCUT2D eigenvalue weighted by Gasteiger charge is 2.11. The zero-order chi connectivity index (χ0) is 14.2. The smallest absolute Gasteiger partial charge is 0.262 e. The highest BCUT2D eigenvalue weighted by atomic mass is 32.1. The van der Waals surface area contributed by atoms with Crippen molar-refractivity contribution < 1.29 is 8.94 Å². The van der Waals surface area contributed by atoms with E-state index in [0.29, 0.717) is 22.7 Å². The lowest BCUT2D eigenvalue weighted by molar-refractivity contribution is 0.420. The van der Waals surface area contributed by atoms with Gasteiger partial charge in [0.25, 0.3) is 11.4 Å². The second-order valence-electron chi connectivity index (χ2n) is 4.48. The number of pyridine rings is 1. The maximum Gasteiger partial charge on any atom is 0.262 e. The Morgan fingerprint density at radius 1 is 1.29 bits per heavy atom. The fourth-order valence-electron chi connectivity index (χ4n) is 2.11. The molecule has 0 spiro atoms. The van der Waals surface area contributed by atoms with E-state index >= 15 is 0 Å². The number of aromatic nitrogens is 3. The highest BCUT2D eigenvalue weighted by Crippen LogP contribution is 2.20. The third kappa shape index (κ3) is 2.07. The molecule has 0 saturated carbocycles. The third-order valence-corrected chi connectivity index (χ3v) is 3.82. The largest absolute Gasteiger partial charge is 0.464 e. The van der Waals surface area contributed by atoms with Crippen LogP contribution in [-0.2, 0) is 6.54 Å². The Morgan fingerprint density at radius 2 is 2.24 bits per heavy atom. The molecule has 0 aliphatic rings. The minimum atomic E-state index is -0.136. The van der Waals surface area contributed by atoms with Crippen LogP contribution in [0.5, 0.6) is 0 Å². The van der Waals surface area contributed by atoms with E-state index in [4.69, 9.17) is 8.94 Å². The molecule has 4 aromatic rings. The Kier molecular flexibility index (Phi) is 2.71. The summed E-state index contributed by atoms with van der Waals surface area (Å²) in [5, 5.41) is 8.32. The lowest BCUT2D eigenvalue weighted by Gasteiger charge is -2.00. The van der Waals surface area contributed by atoms with Crippen molar-refractivity contribution >= 4 is 22.3 Å². The summed E-state index contributed by atoms with van der Waals surface area (Å²) in [4.78, 5) is 16.6. The molecule has 0 aromatic carbocycles. The van der Waals surface area contributed by atoms with Crippen molar-refractivity contribution in [3.05, 3.63) is 57.6 Å². The minimum Gasteiger partial charge on any atom is -0.464 e. The molecular formula is C14H9N3O3S. The molecule has 0 radical (unpaired) electrons. The fourth-order valence-corrected chi connectivity index (χ4v) is 2.74. The molecule has 4 aromatic heterocycles. The van der Waals surface area contributed by atoms with Gasteiger partial charge in [-0.3, -0.25) is 4.79 Å². The number of rotatable bonds is 3. The van der Waals surface area contributed by atoms with Crippen LogP contribution in [-0.4, -0.2) is 14.7 Å². The minimum absolute atomic E-state index is 0.136. The van der Waals surface area contributed by atoms with E-state index in [-0.39, 0.29) is 12.1 Å². The molecular weight excluding hydrogens is 290 g/mol. The van der Waals surface area contributed by atoms with E-state index in [1.54, 1.807) is 29.7 Å². The zero-order valence-corrected chi connectivity index (χ0v) is 11.5. The Hall–Kier alpha value is -2.67. The van der Waals surface area contributed by atoms with Crippen molar-refractivity contribution in [1.29, 1.82) is 0 Å². The van der Waals surface area contributed by atoms with Crippen molar-refractivity contribution in [3.8, 4) is 11.5 Å². The topological polar surface area (TPSA) is 74.1 Å². The first-order valence-electron chi connectivity index (χ1n) is 6.23. The van der Waals surface area contributed by atoms with Crippen LogP contribution in [0, 0.1) is 0 Å². The molecule has 0 unspecified atom stereocenters. The summed E-state index contributed by atoms with van der Waals surface area (Å²) in [6, 6.07) is 5.31. The van der Waals surface area contributed by atoms with E-state index in [1.807, 2.05) is 16.8 Å². The average Bonchev–Trinajstić information content (AvgIpc) is 3.21. The molecule has 4 heterocycles. The van der Waals surface area contributed by atoms with Gasteiger partial charge in [-0.2, -0.15) is 16.3 Å². The van der Waals surface area contributed by atoms with Crippen LogP contribution in [0.4, 0.5) is 0 Å². The van der Waals surface area contributed by atoms with Crippen LogP contribution in [0.15, 0.2) is 55.2 Å². The SMILES string of the molecule is O=c1c2ccoc2ccn1Cc1noc(-c2ccsc2)n1. The summed E-state index contributed by atoms with van der Waals surface area (Å²) in [5.41, 5.74) is 1.32. The molecule has 0 amide bonds. The van der Waals surface area contributed by atoms with Gasteiger partial charge in [0.1, 0.15) is 5.58 Å². The number of hydrogen-bond acceptors (Lipinski definition) is 6. The molecule has 0 saturated heterocycles. The first-order chi connectivity index (χ1) is 10.3. The van der Waals surface area contributed by atoms with Gasteiger partial charge in [0.2, 0.25) is 0 Å². The van der Waals surface area contributed by atoms with Gasteiger partial charge in [0.05, 0.1) is 23.8 Å². The molecule has 0 N–H and O–H groups in total. The Labute approximate surface area is 122 Å². The Morgan fingerprint density at radius 3 is 3.10 bits per heavy atom. The van der Waals surface area contributed by atoms with Crippen LogP contribution < -0.4 is 5.56 Å². The van der Waals surface area contributed by atoms with Crippen LogP contribution in [0.25, 0.3) is 22.4 Å². The molecule has 7 heteroatoms. The van der Waals surface area contributed by atoms with E-state index in [0.717, 1.165) is 5.56 Å². The summed E-state index contributed by atoms with van der Waals surface area (Å²) in [5.74, 6) is 0.921. The molecule has 0 aliphatic carbocycles. The number of nitrogens with zero attached hydrogens (tertiary/aromatic N) is 3. The zero-order valence-electron chi connectivity index (χ0n) is 10.7. The molecule has 21 heavy (non-hydrogen) atoms. The average molecular weight is 299 g/mol. The predicted octanol–water partition coefficient (Wildman–Crippen LogP) is 2.75. The van der Waals surface area contributed by atoms with Gasteiger partial charge in [-0.05, 0) is 23.6 Å². The van der Waals surface area contributed by atoms with Crippen molar-refractivity contribution in [2.45, 2.75) is 6.54 Å². The van der Waals surface area contributed by atoms with Crippen LogP contribution in [0.2, 0.25) is 0 Å². The number of furan rings is 1. The van der Waals surface area contributed by atoms with Gasteiger partial charge in [-0.1, -0.05) is 5.16 Å². The van der Waals surface area contributed by atoms with Crippen molar-refractivity contribution in [3.63, 3.8) is 0 Å². The summed E-state index contributed by atoms with van der Waals surface area (Å²) >= 11 is 1.56. The van der Waals surface area contributed by atoms with Gasteiger partial charge in [0, 0.05) is 11.6 Å². The van der Waals surface area contributed by atoms with Crippen molar-refractivity contribution in [2.24, 2.45) is 0 Å². The van der Waals surface area contributed by atoms with E-state index < -0.39 is 0 Å². The summed E-state index contributed by atoms with van der Waals surface area (Å²) in [7, 11) is 0. The first kappa shape index (κ1) is 12.1. The lowest BCUT2D eigenvalue weighted by atomic mass is 10.3. The number of hydrogen-bond donors (Lipinski definition) is 0. The Bertz CT molecular complexity index is 949. The third-order valence-electron chi connectivity index (χ3n) is 3.14. The fraction of sp³-hybridized carbons (Fsp3) is 0.0714. The highest BCUT2D eigenvalue weighted by molar-refractivity contribution is 7.08. The second-order valence-corrected chi connectivity index (χ2v) is 5.26. The standard InChI is InChI=1S/C14H9N3O3S/c18-14-10-2-5-19-11(10)1-4-17(14)7-12-15-13(20-16-12)9-3-6-21-8-9/h1-6,8H,7H2. The van der Waals surface area contributed by atoms with E-state index in [1.165, 1.54) is 10.8 Å². The molecule has 104 valence electrons. The van der Waals surface area contributed by atoms with Gasteiger partial charge < -0.3 is 13.5 Å². The quantitative estimate of drug-likeness (QED) is 0.581. The van der Waals surface area contributed by atoms with Gasteiger partial charge in [0.15, 0.2) is 5.82 Å². The molecule has 0 bridgehead atoms. The molecule has 0 aliphatic heterocycles.